The quantitative estimate of drug-likeness (QED) is 0.331. The number of carbonyl (C=O) groups is 5. The third-order valence-corrected chi connectivity index (χ3v) is 9.83. The number of alkyl carbamates (subject to hydrolysis) is 1. The zero-order chi connectivity index (χ0) is 33.7. The van der Waals surface area contributed by atoms with Gasteiger partial charge in [0.15, 0.2) is 15.4 Å². The first-order chi connectivity index (χ1) is 20.7. The molecule has 1 saturated heterocycles. The van der Waals surface area contributed by atoms with Gasteiger partial charge in [0, 0.05) is 23.9 Å². The molecule has 0 unspecified atom stereocenters. The Morgan fingerprint density at radius 2 is 1.60 bits per heavy atom. The standard InChI is InChI=1S/C30H39N3O11S/c1-28(2,3)43-26(37)31-18(13-16-14-33(27(38)44-29(4,5)6)19-12-10-9-11-17(16)19)23(34)32-30(25(36)42-8)15-45(39,40)22-20(21(22)30)24(35)41-7/h9-12,14,18,20-22H,13,15H2,1-8H3,(H,31,37)(H,32,34)/t18-,20+,21+,22-,30-/m0/s1. The number of esters is 2. The van der Waals surface area contributed by atoms with Gasteiger partial charge in [-0.3, -0.25) is 14.2 Å². The minimum atomic E-state index is -4.03. The molecule has 0 spiro atoms. The number of nitrogens with zero attached hydrogens (tertiary/aromatic N) is 1. The molecule has 2 amide bonds. The molecule has 1 aliphatic heterocycles. The summed E-state index contributed by atoms with van der Waals surface area (Å²) in [4.78, 5) is 65.6. The van der Waals surface area contributed by atoms with Crippen molar-refractivity contribution in [3.8, 4) is 0 Å². The van der Waals surface area contributed by atoms with Gasteiger partial charge < -0.3 is 29.6 Å². The lowest BCUT2D eigenvalue weighted by Crippen LogP contribution is -2.63. The van der Waals surface area contributed by atoms with E-state index < -0.39 is 85.5 Å². The van der Waals surface area contributed by atoms with E-state index in [1.807, 2.05) is 0 Å². The number of rotatable bonds is 7. The Balaban J connectivity index is 1.74. The monoisotopic (exact) mass is 649 g/mol. The fourth-order valence-corrected chi connectivity index (χ4v) is 8.55. The molecule has 246 valence electrons. The number of fused-ring (bicyclic) bond motifs is 2. The number of para-hydroxylation sites is 1. The highest BCUT2D eigenvalue weighted by atomic mass is 32.2. The highest BCUT2D eigenvalue weighted by Gasteiger charge is 2.79. The number of methoxy groups -OCH3 is 2. The van der Waals surface area contributed by atoms with Crippen molar-refractivity contribution in [2.75, 3.05) is 20.0 Å². The van der Waals surface area contributed by atoms with Gasteiger partial charge in [-0.2, -0.15) is 0 Å². The maximum atomic E-state index is 14.0. The molecular weight excluding hydrogens is 610 g/mol. The summed E-state index contributed by atoms with van der Waals surface area (Å²) in [6.45, 7) is 10.1. The van der Waals surface area contributed by atoms with E-state index in [9.17, 15) is 32.4 Å². The summed E-state index contributed by atoms with van der Waals surface area (Å²) in [5, 5.41) is 4.37. The Hall–Kier alpha value is -4.14. The van der Waals surface area contributed by atoms with Crippen LogP contribution in [0, 0.1) is 11.8 Å². The van der Waals surface area contributed by atoms with Gasteiger partial charge in [0.05, 0.1) is 36.7 Å². The van der Waals surface area contributed by atoms with Crippen LogP contribution in [0.15, 0.2) is 30.5 Å². The summed E-state index contributed by atoms with van der Waals surface area (Å²) in [6, 6.07) is 5.44. The number of nitrogens with one attached hydrogen (secondary N) is 2. The number of hydrogen-bond acceptors (Lipinski definition) is 11. The average molecular weight is 650 g/mol. The van der Waals surface area contributed by atoms with Crippen LogP contribution in [0.4, 0.5) is 9.59 Å². The predicted molar refractivity (Wildman–Crippen MR) is 160 cm³/mol. The number of amides is 2. The van der Waals surface area contributed by atoms with Crippen LogP contribution in [0.3, 0.4) is 0 Å². The zero-order valence-electron chi connectivity index (χ0n) is 26.5. The minimum absolute atomic E-state index is 0.208. The van der Waals surface area contributed by atoms with Gasteiger partial charge in [-0.1, -0.05) is 18.2 Å². The van der Waals surface area contributed by atoms with E-state index in [1.165, 1.54) is 10.8 Å². The first kappa shape index (κ1) is 33.7. The van der Waals surface area contributed by atoms with Crippen LogP contribution in [0.5, 0.6) is 0 Å². The fourth-order valence-electron chi connectivity index (χ4n) is 5.85. The van der Waals surface area contributed by atoms with Crippen LogP contribution in [-0.2, 0) is 49.6 Å². The average Bonchev–Trinajstić information content (AvgIpc) is 3.52. The Bertz CT molecular complexity index is 1650. The summed E-state index contributed by atoms with van der Waals surface area (Å²) < 4.78 is 48.0. The molecular formula is C30H39N3O11S. The Morgan fingerprint density at radius 1 is 0.978 bits per heavy atom. The normalized spacial score (nSPS) is 24.1. The van der Waals surface area contributed by atoms with Crippen molar-refractivity contribution in [2.45, 2.75) is 76.0 Å². The van der Waals surface area contributed by atoms with E-state index in [0.717, 1.165) is 14.2 Å². The largest absolute Gasteiger partial charge is 0.469 e. The second-order valence-corrected chi connectivity index (χ2v) is 15.4. The van der Waals surface area contributed by atoms with Crippen molar-refractivity contribution < 1.29 is 51.3 Å². The molecule has 2 aliphatic rings. The van der Waals surface area contributed by atoms with Crippen molar-refractivity contribution in [1.29, 1.82) is 0 Å². The molecule has 0 radical (unpaired) electrons. The molecule has 45 heavy (non-hydrogen) atoms. The van der Waals surface area contributed by atoms with Crippen LogP contribution >= 0.6 is 0 Å². The summed E-state index contributed by atoms with van der Waals surface area (Å²) >= 11 is 0. The van der Waals surface area contributed by atoms with Gasteiger partial charge >= 0.3 is 24.1 Å². The number of aromatic nitrogens is 1. The molecule has 1 aliphatic carbocycles. The van der Waals surface area contributed by atoms with Gasteiger partial charge in [0.25, 0.3) is 0 Å². The third kappa shape index (κ3) is 6.77. The number of hydrogen-bond donors (Lipinski definition) is 2. The first-order valence-corrected chi connectivity index (χ1v) is 16.0. The lowest BCUT2D eigenvalue weighted by molar-refractivity contribution is -0.152. The molecule has 2 heterocycles. The van der Waals surface area contributed by atoms with E-state index in [0.29, 0.717) is 16.5 Å². The second-order valence-electron chi connectivity index (χ2n) is 13.2. The molecule has 14 nitrogen and oxygen atoms in total. The summed E-state index contributed by atoms with van der Waals surface area (Å²) in [5.41, 5.74) is -2.91. The SMILES string of the molecule is COC(=O)[C@@H]1[C@@H]2[C@H]1S(=O)(=O)C[C@@]2(NC(=O)[C@H](Cc1cn(C(=O)OC(C)(C)C)c2ccccc12)NC(=O)OC(C)(C)C)C(=O)OC. The molecule has 0 bridgehead atoms. The lowest BCUT2D eigenvalue weighted by atomic mass is 9.92. The van der Waals surface area contributed by atoms with E-state index in [4.69, 9.17) is 18.9 Å². The smallest absolute Gasteiger partial charge is 0.419 e. The molecule has 1 aromatic carbocycles. The summed E-state index contributed by atoms with van der Waals surface area (Å²) in [5.74, 6) is -5.96. The number of carbonyl (C=O) groups excluding carboxylic acids is 5. The van der Waals surface area contributed by atoms with Crippen LogP contribution < -0.4 is 10.6 Å². The highest BCUT2D eigenvalue weighted by Crippen LogP contribution is 2.58. The van der Waals surface area contributed by atoms with Crippen molar-refractivity contribution in [3.63, 3.8) is 0 Å². The third-order valence-electron chi connectivity index (χ3n) is 7.55. The summed E-state index contributed by atoms with van der Waals surface area (Å²) in [7, 11) is -1.90. The fraction of sp³-hybridized carbons (Fsp3) is 0.567. The molecule has 2 fully saturated rings. The molecule has 1 aromatic heterocycles. The van der Waals surface area contributed by atoms with Gasteiger partial charge in [-0.05, 0) is 53.2 Å². The Labute approximate surface area is 261 Å². The van der Waals surface area contributed by atoms with Crippen LogP contribution in [0.1, 0.15) is 47.1 Å². The Kier molecular flexibility index (Phi) is 8.74. The highest BCUT2D eigenvalue weighted by molar-refractivity contribution is 7.92. The lowest BCUT2D eigenvalue weighted by Gasteiger charge is -2.31. The van der Waals surface area contributed by atoms with Crippen molar-refractivity contribution in [3.05, 3.63) is 36.0 Å². The number of benzene rings is 1. The van der Waals surface area contributed by atoms with Gasteiger partial charge in [0.2, 0.25) is 5.91 Å². The minimum Gasteiger partial charge on any atom is -0.469 e. The zero-order valence-corrected chi connectivity index (χ0v) is 27.3. The van der Waals surface area contributed by atoms with Gasteiger partial charge in [0.1, 0.15) is 17.2 Å². The predicted octanol–water partition coefficient (Wildman–Crippen LogP) is 2.10. The number of ether oxygens (including phenoxy) is 4. The number of sulfone groups is 1. The van der Waals surface area contributed by atoms with Crippen molar-refractivity contribution >= 4 is 50.8 Å². The van der Waals surface area contributed by atoms with Gasteiger partial charge in [-0.25, -0.2) is 22.8 Å². The maximum Gasteiger partial charge on any atom is 0.419 e. The van der Waals surface area contributed by atoms with Gasteiger partial charge in [-0.15, -0.1) is 0 Å². The molecule has 4 rings (SSSR count). The van der Waals surface area contributed by atoms with Crippen LogP contribution in [0.25, 0.3) is 10.9 Å². The molecule has 2 aromatic rings. The summed E-state index contributed by atoms with van der Waals surface area (Å²) in [6.07, 6.45) is -0.349. The molecule has 1 saturated carbocycles. The van der Waals surface area contributed by atoms with Crippen molar-refractivity contribution in [1.82, 2.24) is 15.2 Å². The molecule has 2 N–H and O–H groups in total. The topological polar surface area (TPSA) is 185 Å². The molecule has 5 atom stereocenters. The van der Waals surface area contributed by atoms with E-state index >= 15 is 0 Å². The van der Waals surface area contributed by atoms with Crippen LogP contribution in [-0.4, -0.2) is 91.0 Å². The van der Waals surface area contributed by atoms with E-state index in [1.54, 1.807) is 65.8 Å². The maximum absolute atomic E-state index is 14.0. The van der Waals surface area contributed by atoms with Crippen molar-refractivity contribution in [2.24, 2.45) is 11.8 Å². The van der Waals surface area contributed by atoms with E-state index in [-0.39, 0.29) is 6.42 Å². The molecule has 15 heteroatoms. The Morgan fingerprint density at radius 3 is 2.18 bits per heavy atom. The van der Waals surface area contributed by atoms with E-state index in [2.05, 4.69) is 10.6 Å². The second kappa shape index (κ2) is 11.7. The van der Waals surface area contributed by atoms with Crippen LogP contribution in [0.2, 0.25) is 0 Å². The first-order valence-electron chi connectivity index (χ1n) is 14.3.